The van der Waals surface area contributed by atoms with E-state index in [-0.39, 0.29) is 23.7 Å². The quantitative estimate of drug-likeness (QED) is 0.743. The molecule has 2 saturated carbocycles. The van der Waals surface area contributed by atoms with Crippen molar-refractivity contribution < 1.29 is 19.8 Å². The Morgan fingerprint density at radius 1 is 0.833 bits per heavy atom. The van der Waals surface area contributed by atoms with Crippen LogP contribution in [0.1, 0.15) is 58.8 Å². The van der Waals surface area contributed by atoms with E-state index in [1.54, 1.807) is 0 Å². The molecule has 102 valence electrons. The number of aliphatic carboxylic acids is 2. The molecular weight excluding hydrogens is 232 g/mol. The van der Waals surface area contributed by atoms with Crippen LogP contribution in [0, 0.1) is 16.2 Å². The lowest BCUT2D eigenvalue weighted by Gasteiger charge is -2.48. The molecule has 2 rings (SSSR count). The van der Waals surface area contributed by atoms with Crippen molar-refractivity contribution >= 4 is 11.9 Å². The van der Waals surface area contributed by atoms with E-state index >= 15 is 0 Å². The van der Waals surface area contributed by atoms with E-state index in [4.69, 9.17) is 0 Å². The lowest BCUT2D eigenvalue weighted by atomic mass is 9.55. The molecule has 0 heterocycles. The fourth-order valence-electron chi connectivity index (χ4n) is 4.07. The van der Waals surface area contributed by atoms with Crippen LogP contribution in [0.15, 0.2) is 0 Å². The molecule has 0 radical (unpaired) electrons. The molecule has 0 unspecified atom stereocenters. The third-order valence-corrected chi connectivity index (χ3v) is 5.77. The maximum absolute atomic E-state index is 11.3. The molecule has 0 aromatic rings. The lowest BCUT2D eigenvalue weighted by Crippen LogP contribution is -2.47. The maximum atomic E-state index is 11.3. The van der Waals surface area contributed by atoms with Crippen molar-refractivity contribution in [2.75, 3.05) is 0 Å². The molecule has 0 aromatic carbocycles. The summed E-state index contributed by atoms with van der Waals surface area (Å²) in [6, 6.07) is 0. The van der Waals surface area contributed by atoms with Gasteiger partial charge in [-0.25, -0.2) is 0 Å². The Labute approximate surface area is 107 Å². The highest BCUT2D eigenvalue weighted by atomic mass is 16.4. The molecule has 2 aliphatic carbocycles. The van der Waals surface area contributed by atoms with Crippen molar-refractivity contribution in [3.05, 3.63) is 0 Å². The van der Waals surface area contributed by atoms with Gasteiger partial charge in [-0.1, -0.05) is 20.3 Å². The Balaban J connectivity index is 2.21. The van der Waals surface area contributed by atoms with E-state index < -0.39 is 17.4 Å². The fourth-order valence-corrected chi connectivity index (χ4v) is 4.07. The Bertz CT molecular complexity index is 359. The summed E-state index contributed by atoms with van der Waals surface area (Å²) < 4.78 is 0. The first-order valence-corrected chi connectivity index (χ1v) is 6.73. The molecule has 0 atom stereocenters. The van der Waals surface area contributed by atoms with Crippen LogP contribution in [0.2, 0.25) is 0 Å². The van der Waals surface area contributed by atoms with Gasteiger partial charge in [0.15, 0.2) is 5.41 Å². The zero-order valence-electron chi connectivity index (χ0n) is 11.2. The molecule has 0 aromatic heterocycles. The average molecular weight is 254 g/mol. The van der Waals surface area contributed by atoms with E-state index in [1.165, 1.54) is 12.8 Å². The average Bonchev–Trinajstić information content (AvgIpc) is 2.55. The fraction of sp³-hybridized carbons (Fsp3) is 0.857. The Morgan fingerprint density at radius 2 is 1.33 bits per heavy atom. The van der Waals surface area contributed by atoms with Gasteiger partial charge in [-0.2, -0.15) is 0 Å². The number of carboxylic acids is 2. The topological polar surface area (TPSA) is 74.6 Å². The molecule has 0 bridgehead atoms. The summed E-state index contributed by atoms with van der Waals surface area (Å²) in [6.07, 6.45) is 5.50. The Hall–Kier alpha value is -1.06. The molecule has 18 heavy (non-hydrogen) atoms. The first kappa shape index (κ1) is 13.4. The Kier molecular flexibility index (Phi) is 2.95. The van der Waals surface area contributed by atoms with Crippen molar-refractivity contribution in [2.45, 2.75) is 58.8 Å². The summed E-state index contributed by atoms with van der Waals surface area (Å²) in [5, 5.41) is 18.5. The van der Waals surface area contributed by atoms with Crippen molar-refractivity contribution in [1.29, 1.82) is 0 Å². The normalized spacial score (nSPS) is 28.1. The molecule has 4 heteroatoms. The van der Waals surface area contributed by atoms with Gasteiger partial charge >= 0.3 is 11.9 Å². The molecular formula is C14H22O4. The second-order valence-electron chi connectivity index (χ2n) is 6.71. The zero-order chi connectivity index (χ0) is 13.6. The highest BCUT2D eigenvalue weighted by molar-refractivity contribution is 5.98. The van der Waals surface area contributed by atoms with Gasteiger partial charge < -0.3 is 10.2 Å². The van der Waals surface area contributed by atoms with Gasteiger partial charge in [0.2, 0.25) is 0 Å². The molecule has 0 saturated heterocycles. The largest absolute Gasteiger partial charge is 0.480 e. The van der Waals surface area contributed by atoms with Gasteiger partial charge in [-0.15, -0.1) is 0 Å². The van der Waals surface area contributed by atoms with Crippen molar-refractivity contribution in [3.8, 4) is 0 Å². The van der Waals surface area contributed by atoms with Crippen molar-refractivity contribution in [2.24, 2.45) is 16.2 Å². The lowest BCUT2D eigenvalue weighted by molar-refractivity contribution is -0.170. The molecule has 0 aliphatic heterocycles. The predicted octanol–water partition coefficient (Wildman–Crippen LogP) is 2.91. The molecule has 2 aliphatic rings. The highest BCUT2D eigenvalue weighted by Gasteiger charge is 2.57. The van der Waals surface area contributed by atoms with Crippen LogP contribution in [-0.2, 0) is 9.59 Å². The van der Waals surface area contributed by atoms with E-state index in [0.717, 1.165) is 19.3 Å². The minimum Gasteiger partial charge on any atom is -0.480 e. The van der Waals surface area contributed by atoms with E-state index in [9.17, 15) is 19.8 Å². The van der Waals surface area contributed by atoms with Crippen LogP contribution < -0.4 is 0 Å². The van der Waals surface area contributed by atoms with Crippen molar-refractivity contribution in [1.82, 2.24) is 0 Å². The van der Waals surface area contributed by atoms with Gasteiger partial charge in [-0.05, 0) is 49.4 Å². The molecule has 1 spiro atoms. The van der Waals surface area contributed by atoms with Crippen LogP contribution in [0.3, 0.4) is 0 Å². The van der Waals surface area contributed by atoms with E-state index in [1.807, 2.05) is 0 Å². The minimum absolute atomic E-state index is 0.168. The summed E-state index contributed by atoms with van der Waals surface area (Å²) in [7, 11) is 0. The first-order valence-electron chi connectivity index (χ1n) is 6.73. The number of hydrogen-bond acceptors (Lipinski definition) is 2. The summed E-state index contributed by atoms with van der Waals surface area (Å²) >= 11 is 0. The smallest absolute Gasteiger partial charge is 0.321 e. The van der Waals surface area contributed by atoms with Crippen LogP contribution >= 0.6 is 0 Å². The molecule has 0 amide bonds. The maximum Gasteiger partial charge on any atom is 0.321 e. The summed E-state index contributed by atoms with van der Waals surface area (Å²) in [6.45, 7) is 4.49. The number of rotatable bonds is 2. The second-order valence-corrected chi connectivity index (χ2v) is 6.71. The monoisotopic (exact) mass is 254 g/mol. The van der Waals surface area contributed by atoms with Crippen LogP contribution in [-0.4, -0.2) is 22.2 Å². The first-order chi connectivity index (χ1) is 8.26. The van der Waals surface area contributed by atoms with E-state index in [2.05, 4.69) is 13.8 Å². The van der Waals surface area contributed by atoms with Crippen LogP contribution in [0.4, 0.5) is 0 Å². The predicted molar refractivity (Wildman–Crippen MR) is 66.2 cm³/mol. The van der Waals surface area contributed by atoms with Crippen LogP contribution in [0.5, 0.6) is 0 Å². The third kappa shape index (κ3) is 1.65. The van der Waals surface area contributed by atoms with Gasteiger partial charge in [0, 0.05) is 0 Å². The minimum atomic E-state index is -1.54. The highest BCUT2D eigenvalue weighted by Crippen LogP contribution is 2.62. The van der Waals surface area contributed by atoms with Gasteiger partial charge in [-0.3, -0.25) is 9.59 Å². The Morgan fingerprint density at radius 3 is 1.67 bits per heavy atom. The van der Waals surface area contributed by atoms with Gasteiger partial charge in [0.05, 0.1) is 0 Å². The standard InChI is InChI=1S/C14H22O4/c1-12(2)4-3-5-13(12)6-8-14(9-7-13,10(15)16)11(17)18/h3-9H2,1-2H3,(H,15,16)(H,17,18). The van der Waals surface area contributed by atoms with Crippen molar-refractivity contribution in [3.63, 3.8) is 0 Å². The van der Waals surface area contributed by atoms with E-state index in [0.29, 0.717) is 0 Å². The third-order valence-electron chi connectivity index (χ3n) is 5.77. The number of carboxylic acid groups (broad SMARTS) is 2. The van der Waals surface area contributed by atoms with Crippen LogP contribution in [0.25, 0.3) is 0 Å². The molecule has 2 N–H and O–H groups in total. The number of carbonyl (C=O) groups is 2. The van der Waals surface area contributed by atoms with Gasteiger partial charge in [0.25, 0.3) is 0 Å². The molecule has 4 nitrogen and oxygen atoms in total. The zero-order valence-corrected chi connectivity index (χ0v) is 11.2. The second kappa shape index (κ2) is 3.97. The summed E-state index contributed by atoms with van der Waals surface area (Å²) in [5.74, 6) is -2.33. The summed E-state index contributed by atoms with van der Waals surface area (Å²) in [4.78, 5) is 22.6. The summed E-state index contributed by atoms with van der Waals surface area (Å²) in [5.41, 5.74) is -1.15. The molecule has 2 fully saturated rings. The van der Waals surface area contributed by atoms with Gasteiger partial charge in [0.1, 0.15) is 0 Å². The SMILES string of the molecule is CC1(C)CCCC12CCC(C(=O)O)(C(=O)O)CC2. The number of hydrogen-bond donors (Lipinski definition) is 2.